The zero-order valence-electron chi connectivity index (χ0n) is 15.8. The highest BCUT2D eigenvalue weighted by Crippen LogP contribution is 2.27. The maximum Gasteiger partial charge on any atom is 0.280 e. The molecule has 0 atom stereocenters. The summed E-state index contributed by atoms with van der Waals surface area (Å²) in [5.74, 6) is -0.407. The van der Waals surface area contributed by atoms with Gasteiger partial charge in [0.2, 0.25) is 0 Å². The number of halogens is 1. The first-order valence-corrected chi connectivity index (χ1v) is 10.9. The molecule has 28 heavy (non-hydrogen) atoms. The average molecular weight is 416 g/mol. The van der Waals surface area contributed by atoms with Crippen molar-refractivity contribution in [1.29, 1.82) is 0 Å². The number of rotatable bonds is 8. The molecule has 0 spiro atoms. The second kappa shape index (κ2) is 9.71. The van der Waals surface area contributed by atoms with E-state index < -0.39 is 0 Å². The summed E-state index contributed by atoms with van der Waals surface area (Å²) in [5.41, 5.74) is 2.70. The van der Waals surface area contributed by atoms with Crippen LogP contribution in [0.5, 0.6) is 0 Å². The van der Waals surface area contributed by atoms with Gasteiger partial charge in [-0.25, -0.2) is 9.37 Å². The highest BCUT2D eigenvalue weighted by Gasteiger charge is 2.19. The molecule has 4 nitrogen and oxygen atoms in total. The van der Waals surface area contributed by atoms with Gasteiger partial charge in [0.15, 0.2) is 5.13 Å². The Kier molecular flexibility index (Phi) is 7.06. The van der Waals surface area contributed by atoms with Gasteiger partial charge in [-0.05, 0) is 36.6 Å². The molecule has 7 heteroatoms. The van der Waals surface area contributed by atoms with Crippen LogP contribution in [0.3, 0.4) is 0 Å². The highest BCUT2D eigenvalue weighted by atomic mass is 32.2. The van der Waals surface area contributed by atoms with E-state index in [1.807, 2.05) is 31.4 Å². The summed E-state index contributed by atoms with van der Waals surface area (Å²) in [5, 5.41) is 0.815. The third-order valence-electron chi connectivity index (χ3n) is 4.27. The van der Waals surface area contributed by atoms with Gasteiger partial charge in [0, 0.05) is 24.2 Å². The minimum atomic E-state index is -0.232. The molecule has 1 N–H and O–H groups in total. The minimum absolute atomic E-state index is 0.175. The Morgan fingerprint density at radius 2 is 1.86 bits per heavy atom. The van der Waals surface area contributed by atoms with E-state index in [1.165, 1.54) is 41.0 Å². The largest absolute Gasteiger partial charge is 0.343 e. The smallest absolute Gasteiger partial charge is 0.280 e. The van der Waals surface area contributed by atoms with E-state index in [0.717, 1.165) is 28.5 Å². The number of nitrogens with zero attached hydrogens (tertiary/aromatic N) is 2. The monoisotopic (exact) mass is 415 g/mol. The molecule has 1 amide bonds. The molecule has 0 radical (unpaired) electrons. The number of anilines is 1. The highest BCUT2D eigenvalue weighted by molar-refractivity contribution is 7.97. The molecule has 0 unspecified atom stereocenters. The van der Waals surface area contributed by atoms with Crippen LogP contribution in [-0.2, 0) is 13.0 Å². The SMILES string of the molecule is CSNC(=O)c1nc(N(CCc2ccc(F)cc2)Cc2ccccc2)sc1C. The van der Waals surface area contributed by atoms with Crippen molar-refractivity contribution in [3.8, 4) is 0 Å². The normalized spacial score (nSPS) is 10.7. The number of hydrogen-bond acceptors (Lipinski definition) is 5. The van der Waals surface area contributed by atoms with Crippen molar-refractivity contribution in [2.75, 3.05) is 17.7 Å². The lowest BCUT2D eigenvalue weighted by molar-refractivity contribution is 0.0980. The van der Waals surface area contributed by atoms with Crippen LogP contribution < -0.4 is 9.62 Å². The van der Waals surface area contributed by atoms with E-state index in [-0.39, 0.29) is 11.7 Å². The third kappa shape index (κ3) is 5.33. The lowest BCUT2D eigenvalue weighted by Gasteiger charge is -2.22. The molecule has 3 aromatic rings. The molecule has 146 valence electrons. The number of aromatic nitrogens is 1. The van der Waals surface area contributed by atoms with E-state index in [1.54, 1.807) is 12.1 Å². The van der Waals surface area contributed by atoms with Crippen molar-refractivity contribution >= 4 is 34.3 Å². The van der Waals surface area contributed by atoms with Crippen LogP contribution in [0, 0.1) is 12.7 Å². The number of carbonyl (C=O) groups excluding carboxylic acids is 1. The minimum Gasteiger partial charge on any atom is -0.343 e. The first-order valence-electron chi connectivity index (χ1n) is 8.91. The summed E-state index contributed by atoms with van der Waals surface area (Å²) in [6.45, 7) is 3.33. The van der Waals surface area contributed by atoms with E-state index in [2.05, 4.69) is 26.7 Å². The Balaban J connectivity index is 1.82. The molecule has 0 aliphatic rings. The number of nitrogens with one attached hydrogen (secondary N) is 1. The Hall–Kier alpha value is -2.38. The fourth-order valence-electron chi connectivity index (χ4n) is 2.83. The predicted molar refractivity (Wildman–Crippen MR) is 115 cm³/mol. The number of carbonyl (C=O) groups is 1. The Labute approximate surface area is 172 Å². The van der Waals surface area contributed by atoms with Crippen molar-refractivity contribution in [3.05, 3.63) is 82.1 Å². The summed E-state index contributed by atoms with van der Waals surface area (Å²) < 4.78 is 15.9. The molecule has 0 saturated heterocycles. The van der Waals surface area contributed by atoms with Gasteiger partial charge < -0.3 is 4.90 Å². The van der Waals surface area contributed by atoms with Gasteiger partial charge in [0.25, 0.3) is 5.91 Å². The van der Waals surface area contributed by atoms with Gasteiger partial charge in [-0.2, -0.15) is 0 Å². The molecule has 0 aliphatic carbocycles. The average Bonchev–Trinajstić information content (AvgIpc) is 3.09. The maximum absolute atomic E-state index is 13.2. The van der Waals surface area contributed by atoms with Crippen molar-refractivity contribution in [1.82, 2.24) is 9.71 Å². The van der Waals surface area contributed by atoms with Crippen LogP contribution >= 0.6 is 23.3 Å². The van der Waals surface area contributed by atoms with Gasteiger partial charge in [0.05, 0.1) is 0 Å². The Morgan fingerprint density at radius 3 is 2.54 bits per heavy atom. The molecule has 0 bridgehead atoms. The first-order chi connectivity index (χ1) is 13.6. The summed E-state index contributed by atoms with van der Waals surface area (Å²) >= 11 is 2.78. The summed E-state index contributed by atoms with van der Waals surface area (Å²) in [4.78, 5) is 19.9. The first kappa shape index (κ1) is 20.4. The molecule has 0 aliphatic heterocycles. The standard InChI is InChI=1S/C21H22FN3OS2/c1-15-19(20(26)24-27-2)23-21(28-15)25(14-17-6-4-3-5-7-17)13-12-16-8-10-18(22)11-9-16/h3-11H,12-14H2,1-2H3,(H,24,26). The van der Waals surface area contributed by atoms with Crippen LogP contribution in [0.1, 0.15) is 26.5 Å². The molecule has 2 aromatic carbocycles. The number of amides is 1. The summed E-state index contributed by atoms with van der Waals surface area (Å²) in [7, 11) is 0. The van der Waals surface area contributed by atoms with Crippen molar-refractivity contribution in [3.63, 3.8) is 0 Å². The lowest BCUT2D eigenvalue weighted by Crippen LogP contribution is -2.25. The molecule has 3 rings (SSSR count). The van der Waals surface area contributed by atoms with Crippen molar-refractivity contribution < 1.29 is 9.18 Å². The third-order valence-corrected chi connectivity index (χ3v) is 5.69. The van der Waals surface area contributed by atoms with E-state index in [9.17, 15) is 9.18 Å². The molecule has 1 aromatic heterocycles. The zero-order valence-corrected chi connectivity index (χ0v) is 17.4. The summed E-state index contributed by atoms with van der Waals surface area (Å²) in [6.07, 6.45) is 2.57. The van der Waals surface area contributed by atoms with Crippen LogP contribution in [0.25, 0.3) is 0 Å². The molecular formula is C21H22FN3OS2. The van der Waals surface area contributed by atoms with Gasteiger partial charge in [-0.3, -0.25) is 9.52 Å². The van der Waals surface area contributed by atoms with Crippen molar-refractivity contribution in [2.45, 2.75) is 19.9 Å². The maximum atomic E-state index is 13.2. The van der Waals surface area contributed by atoms with Crippen LogP contribution in [0.2, 0.25) is 0 Å². The predicted octanol–water partition coefficient (Wildman–Crippen LogP) is 4.85. The Morgan fingerprint density at radius 1 is 1.14 bits per heavy atom. The quantitative estimate of drug-likeness (QED) is 0.534. The lowest BCUT2D eigenvalue weighted by atomic mass is 10.1. The number of hydrogen-bond donors (Lipinski definition) is 1. The molecule has 0 saturated carbocycles. The topological polar surface area (TPSA) is 45.2 Å². The number of aryl methyl sites for hydroxylation is 1. The van der Waals surface area contributed by atoms with Crippen LogP contribution in [0.15, 0.2) is 54.6 Å². The van der Waals surface area contributed by atoms with Gasteiger partial charge in [-0.15, -0.1) is 11.3 Å². The van der Waals surface area contributed by atoms with Crippen LogP contribution in [-0.4, -0.2) is 23.7 Å². The zero-order chi connectivity index (χ0) is 19.9. The van der Waals surface area contributed by atoms with E-state index >= 15 is 0 Å². The molecular weight excluding hydrogens is 393 g/mol. The fraction of sp³-hybridized carbons (Fsp3) is 0.238. The van der Waals surface area contributed by atoms with Gasteiger partial charge in [0.1, 0.15) is 11.5 Å². The van der Waals surface area contributed by atoms with Crippen molar-refractivity contribution in [2.24, 2.45) is 0 Å². The van der Waals surface area contributed by atoms with Crippen LogP contribution in [0.4, 0.5) is 9.52 Å². The second-order valence-electron chi connectivity index (χ2n) is 6.32. The second-order valence-corrected chi connectivity index (χ2v) is 8.11. The van der Waals surface area contributed by atoms with E-state index in [4.69, 9.17) is 0 Å². The summed E-state index contributed by atoms with van der Waals surface area (Å²) in [6, 6.07) is 16.7. The molecule has 0 fully saturated rings. The number of thiazole rings is 1. The van der Waals surface area contributed by atoms with Gasteiger partial charge in [-0.1, -0.05) is 54.4 Å². The van der Waals surface area contributed by atoms with E-state index in [0.29, 0.717) is 12.2 Å². The van der Waals surface area contributed by atoms with Gasteiger partial charge >= 0.3 is 0 Å². The molecule has 1 heterocycles. The fourth-order valence-corrected chi connectivity index (χ4v) is 4.04. The number of benzene rings is 2. The Bertz CT molecular complexity index is 913.